The summed E-state index contributed by atoms with van der Waals surface area (Å²) in [4.78, 5) is 12.3. The number of aryl methyl sites for hydroxylation is 3. The Morgan fingerprint density at radius 3 is 2.17 bits per heavy atom. The second-order valence-corrected chi connectivity index (χ2v) is 5.94. The number of benzene rings is 2. The molecule has 3 rings (SSSR count). The molecule has 1 heterocycles. The first-order valence-electron chi connectivity index (χ1n) is 7.78. The van der Waals surface area contributed by atoms with E-state index >= 15 is 0 Å². The molecule has 3 aromatic rings. The molecule has 0 radical (unpaired) electrons. The molecule has 0 aliphatic carbocycles. The molecule has 0 saturated carbocycles. The van der Waals surface area contributed by atoms with Crippen molar-refractivity contribution in [1.82, 2.24) is 4.57 Å². The second kappa shape index (κ2) is 6.32. The van der Waals surface area contributed by atoms with Gasteiger partial charge in [0.15, 0.2) is 0 Å². The maximum atomic E-state index is 13.8. The van der Waals surface area contributed by atoms with Crippen molar-refractivity contribution in [2.75, 3.05) is 5.32 Å². The zero-order chi connectivity index (χ0) is 17.3. The van der Waals surface area contributed by atoms with Gasteiger partial charge in [0.1, 0.15) is 5.82 Å². The van der Waals surface area contributed by atoms with Crippen molar-refractivity contribution in [2.24, 2.45) is 0 Å². The molecule has 1 amide bonds. The SMILES string of the molecule is Cc1ccc(F)c(NC(=O)c2ccc(-n3c(C)ccc3C)cc2)c1. The van der Waals surface area contributed by atoms with E-state index in [0.717, 1.165) is 22.6 Å². The summed E-state index contributed by atoms with van der Waals surface area (Å²) in [6.45, 7) is 5.92. The largest absolute Gasteiger partial charge is 0.319 e. The van der Waals surface area contributed by atoms with Crippen LogP contribution in [-0.4, -0.2) is 10.5 Å². The first kappa shape index (κ1) is 16.0. The summed E-state index contributed by atoms with van der Waals surface area (Å²) in [7, 11) is 0. The smallest absolute Gasteiger partial charge is 0.255 e. The molecule has 0 aliphatic heterocycles. The highest BCUT2D eigenvalue weighted by molar-refractivity contribution is 6.04. The van der Waals surface area contributed by atoms with E-state index in [9.17, 15) is 9.18 Å². The third kappa shape index (κ3) is 3.08. The number of rotatable bonds is 3. The second-order valence-electron chi connectivity index (χ2n) is 5.94. The van der Waals surface area contributed by atoms with Crippen LogP contribution in [0.15, 0.2) is 54.6 Å². The molecule has 0 atom stereocenters. The zero-order valence-corrected chi connectivity index (χ0v) is 13.9. The Balaban J connectivity index is 1.83. The number of carbonyl (C=O) groups is 1. The number of halogens is 1. The van der Waals surface area contributed by atoms with Crippen molar-refractivity contribution in [3.05, 3.63) is 82.9 Å². The molecule has 0 fully saturated rings. The van der Waals surface area contributed by atoms with Gasteiger partial charge in [0.25, 0.3) is 5.91 Å². The van der Waals surface area contributed by atoms with Gasteiger partial charge < -0.3 is 9.88 Å². The van der Waals surface area contributed by atoms with Crippen LogP contribution >= 0.6 is 0 Å². The lowest BCUT2D eigenvalue weighted by atomic mass is 10.1. The minimum atomic E-state index is -0.441. The highest BCUT2D eigenvalue weighted by Gasteiger charge is 2.10. The maximum absolute atomic E-state index is 13.8. The van der Waals surface area contributed by atoms with Crippen molar-refractivity contribution >= 4 is 11.6 Å². The quantitative estimate of drug-likeness (QED) is 0.739. The predicted molar refractivity (Wildman–Crippen MR) is 94.3 cm³/mol. The fraction of sp³-hybridized carbons (Fsp3) is 0.150. The minimum absolute atomic E-state index is 0.196. The lowest BCUT2D eigenvalue weighted by molar-refractivity contribution is 0.102. The van der Waals surface area contributed by atoms with Crippen LogP contribution in [0.3, 0.4) is 0 Å². The van der Waals surface area contributed by atoms with Crippen molar-refractivity contribution < 1.29 is 9.18 Å². The summed E-state index contributed by atoms with van der Waals surface area (Å²) in [6, 6.07) is 16.0. The molecular weight excluding hydrogens is 303 g/mol. The summed E-state index contributed by atoms with van der Waals surface area (Å²) < 4.78 is 15.9. The zero-order valence-electron chi connectivity index (χ0n) is 13.9. The lowest BCUT2D eigenvalue weighted by Crippen LogP contribution is -2.13. The number of hydrogen-bond donors (Lipinski definition) is 1. The first-order chi connectivity index (χ1) is 11.5. The van der Waals surface area contributed by atoms with Crippen LogP contribution in [0.2, 0.25) is 0 Å². The lowest BCUT2D eigenvalue weighted by Gasteiger charge is -2.11. The van der Waals surface area contributed by atoms with Gasteiger partial charge in [-0.25, -0.2) is 4.39 Å². The third-order valence-electron chi connectivity index (χ3n) is 4.03. The van der Waals surface area contributed by atoms with Gasteiger partial charge in [0.2, 0.25) is 0 Å². The monoisotopic (exact) mass is 322 g/mol. The Morgan fingerprint density at radius 1 is 0.917 bits per heavy atom. The molecule has 24 heavy (non-hydrogen) atoms. The Labute approximate surface area is 140 Å². The molecule has 0 bridgehead atoms. The summed E-state index contributed by atoms with van der Waals surface area (Å²) in [5.41, 5.74) is 4.83. The van der Waals surface area contributed by atoms with Crippen molar-refractivity contribution in [3.8, 4) is 5.69 Å². The summed E-state index contributed by atoms with van der Waals surface area (Å²) in [5.74, 6) is -0.767. The molecule has 4 heteroatoms. The van der Waals surface area contributed by atoms with Crippen molar-refractivity contribution in [1.29, 1.82) is 0 Å². The number of amides is 1. The van der Waals surface area contributed by atoms with Crippen LogP contribution in [0.1, 0.15) is 27.3 Å². The molecule has 2 aromatic carbocycles. The van der Waals surface area contributed by atoms with Crippen LogP contribution in [0.4, 0.5) is 10.1 Å². The summed E-state index contributed by atoms with van der Waals surface area (Å²) in [5, 5.41) is 2.62. The van der Waals surface area contributed by atoms with Crippen LogP contribution in [0.5, 0.6) is 0 Å². The number of nitrogens with one attached hydrogen (secondary N) is 1. The Bertz CT molecular complexity index is 875. The first-order valence-corrected chi connectivity index (χ1v) is 7.78. The minimum Gasteiger partial charge on any atom is -0.319 e. The number of carbonyl (C=O) groups excluding carboxylic acids is 1. The Kier molecular flexibility index (Phi) is 4.21. The van der Waals surface area contributed by atoms with Gasteiger partial charge in [-0.2, -0.15) is 0 Å². The standard InChI is InChI=1S/C20H19FN2O/c1-13-4-11-18(21)19(12-13)22-20(24)16-7-9-17(10-8-16)23-14(2)5-6-15(23)3/h4-12H,1-3H3,(H,22,24). The van der Waals surface area contributed by atoms with E-state index in [4.69, 9.17) is 0 Å². The van der Waals surface area contributed by atoms with E-state index in [2.05, 4.69) is 22.0 Å². The van der Waals surface area contributed by atoms with Crippen LogP contribution in [-0.2, 0) is 0 Å². The van der Waals surface area contributed by atoms with E-state index in [1.165, 1.54) is 6.07 Å². The highest BCUT2D eigenvalue weighted by Crippen LogP contribution is 2.19. The molecule has 1 aromatic heterocycles. The van der Waals surface area contributed by atoms with Gasteiger partial charge in [-0.15, -0.1) is 0 Å². The summed E-state index contributed by atoms with van der Waals surface area (Å²) >= 11 is 0. The van der Waals surface area contributed by atoms with Gasteiger partial charge in [-0.3, -0.25) is 4.79 Å². The maximum Gasteiger partial charge on any atom is 0.255 e. The van der Waals surface area contributed by atoms with Gasteiger partial charge in [-0.1, -0.05) is 6.07 Å². The van der Waals surface area contributed by atoms with Crippen molar-refractivity contribution in [3.63, 3.8) is 0 Å². The van der Waals surface area contributed by atoms with E-state index in [1.807, 2.05) is 32.9 Å². The van der Waals surface area contributed by atoms with Gasteiger partial charge in [0, 0.05) is 22.6 Å². The molecule has 122 valence electrons. The normalized spacial score (nSPS) is 10.7. The van der Waals surface area contributed by atoms with Gasteiger partial charge >= 0.3 is 0 Å². The van der Waals surface area contributed by atoms with E-state index in [1.54, 1.807) is 24.3 Å². The van der Waals surface area contributed by atoms with Crippen LogP contribution in [0.25, 0.3) is 5.69 Å². The van der Waals surface area contributed by atoms with E-state index in [-0.39, 0.29) is 11.6 Å². The molecule has 0 aliphatic rings. The number of hydrogen-bond acceptors (Lipinski definition) is 1. The highest BCUT2D eigenvalue weighted by atomic mass is 19.1. The molecule has 0 spiro atoms. The van der Waals surface area contributed by atoms with E-state index in [0.29, 0.717) is 5.56 Å². The number of anilines is 1. The van der Waals surface area contributed by atoms with Gasteiger partial charge in [0.05, 0.1) is 5.69 Å². The van der Waals surface area contributed by atoms with E-state index < -0.39 is 5.82 Å². The predicted octanol–water partition coefficient (Wildman–Crippen LogP) is 4.79. The summed E-state index contributed by atoms with van der Waals surface area (Å²) in [6.07, 6.45) is 0. The molecule has 0 saturated heterocycles. The molecular formula is C20H19FN2O. The van der Waals surface area contributed by atoms with Crippen molar-refractivity contribution in [2.45, 2.75) is 20.8 Å². The molecule has 3 nitrogen and oxygen atoms in total. The fourth-order valence-corrected chi connectivity index (χ4v) is 2.77. The topological polar surface area (TPSA) is 34.0 Å². The third-order valence-corrected chi connectivity index (χ3v) is 4.03. The fourth-order valence-electron chi connectivity index (χ4n) is 2.77. The van der Waals surface area contributed by atoms with Crippen LogP contribution in [0, 0.1) is 26.6 Å². The average molecular weight is 322 g/mol. The Hall–Kier alpha value is -2.88. The Morgan fingerprint density at radius 2 is 1.54 bits per heavy atom. The molecule has 1 N–H and O–H groups in total. The molecule has 0 unspecified atom stereocenters. The van der Waals surface area contributed by atoms with Gasteiger partial charge in [-0.05, 0) is 74.9 Å². The number of nitrogens with zero attached hydrogens (tertiary/aromatic N) is 1. The average Bonchev–Trinajstić information content (AvgIpc) is 2.90. The van der Waals surface area contributed by atoms with Crippen LogP contribution < -0.4 is 5.32 Å². The number of aromatic nitrogens is 1.